The zero-order chi connectivity index (χ0) is 10.8. The maximum absolute atomic E-state index is 5.91. The fraction of sp³-hybridized carbons (Fsp3) is 0.200. The summed E-state index contributed by atoms with van der Waals surface area (Å²) in [5, 5.41) is 0. The Bertz CT molecular complexity index is 451. The van der Waals surface area contributed by atoms with Gasteiger partial charge in [0.15, 0.2) is 0 Å². The van der Waals surface area contributed by atoms with Crippen LogP contribution in [0, 0.1) is 0 Å². The van der Waals surface area contributed by atoms with Crippen LogP contribution in [0.3, 0.4) is 0 Å². The summed E-state index contributed by atoms with van der Waals surface area (Å²) in [5.41, 5.74) is 2.68. The normalized spacial score (nSPS) is 17.9. The summed E-state index contributed by atoms with van der Waals surface area (Å²) in [6.45, 7) is 0. The largest absolute Gasteiger partial charge is 0.489 e. The highest BCUT2D eigenvalue weighted by molar-refractivity contribution is 5.37. The summed E-state index contributed by atoms with van der Waals surface area (Å²) in [5.74, 6) is 1.06. The lowest BCUT2D eigenvalue weighted by molar-refractivity contribution is 0.233. The molecule has 2 aromatic rings. The van der Waals surface area contributed by atoms with Gasteiger partial charge in [-0.05, 0) is 17.2 Å². The van der Waals surface area contributed by atoms with Crippen molar-refractivity contribution < 1.29 is 4.74 Å². The van der Waals surface area contributed by atoms with Crippen molar-refractivity contribution in [2.45, 2.75) is 18.9 Å². The van der Waals surface area contributed by atoms with E-state index in [4.69, 9.17) is 4.74 Å². The molecule has 0 saturated heterocycles. The minimum atomic E-state index is 0.305. The number of ether oxygens (including phenoxy) is 1. The number of para-hydroxylation sites is 1. The number of fused-ring (bicyclic) bond motifs is 1. The van der Waals surface area contributed by atoms with E-state index in [9.17, 15) is 0 Å². The van der Waals surface area contributed by atoms with Gasteiger partial charge in [-0.2, -0.15) is 0 Å². The van der Waals surface area contributed by atoms with Crippen molar-refractivity contribution in [2.24, 2.45) is 0 Å². The molecule has 0 amide bonds. The van der Waals surface area contributed by atoms with E-state index in [1.54, 1.807) is 0 Å². The van der Waals surface area contributed by atoms with E-state index >= 15 is 0 Å². The first kappa shape index (κ1) is 9.46. The van der Waals surface area contributed by atoms with Crippen LogP contribution in [-0.2, 0) is 12.8 Å². The van der Waals surface area contributed by atoms with Gasteiger partial charge in [-0.15, -0.1) is 0 Å². The molecule has 1 atom stereocenters. The minimum absolute atomic E-state index is 0.305. The lowest BCUT2D eigenvalue weighted by Crippen LogP contribution is -2.16. The van der Waals surface area contributed by atoms with Gasteiger partial charge in [-0.3, -0.25) is 0 Å². The molecule has 0 fully saturated rings. The molecular formula is C15H14O. The molecule has 3 rings (SSSR count). The number of rotatable bonds is 2. The predicted molar refractivity (Wildman–Crippen MR) is 64.7 cm³/mol. The number of hydrogen-bond donors (Lipinski definition) is 0. The van der Waals surface area contributed by atoms with Crippen LogP contribution in [0.2, 0.25) is 0 Å². The van der Waals surface area contributed by atoms with E-state index in [2.05, 4.69) is 42.5 Å². The summed E-state index contributed by atoms with van der Waals surface area (Å²) in [6, 6.07) is 18.8. The highest BCUT2D eigenvalue weighted by Crippen LogP contribution is 2.29. The molecular weight excluding hydrogens is 196 g/mol. The highest BCUT2D eigenvalue weighted by Gasteiger charge is 2.22. The van der Waals surface area contributed by atoms with E-state index in [-0.39, 0.29) is 0 Å². The third-order valence-electron chi connectivity index (χ3n) is 3.02. The second-order valence-corrected chi connectivity index (χ2v) is 4.24. The highest BCUT2D eigenvalue weighted by atomic mass is 16.5. The summed E-state index contributed by atoms with van der Waals surface area (Å²) in [4.78, 5) is 0. The van der Waals surface area contributed by atoms with Crippen LogP contribution in [0.1, 0.15) is 11.1 Å². The average Bonchev–Trinajstić information content (AvgIpc) is 2.72. The molecule has 1 unspecified atom stereocenters. The molecule has 16 heavy (non-hydrogen) atoms. The minimum Gasteiger partial charge on any atom is -0.489 e. The van der Waals surface area contributed by atoms with Crippen LogP contribution in [0.25, 0.3) is 0 Å². The fourth-order valence-corrected chi connectivity index (χ4v) is 2.24. The van der Waals surface area contributed by atoms with Gasteiger partial charge < -0.3 is 4.74 Å². The van der Waals surface area contributed by atoms with Crippen molar-refractivity contribution in [1.29, 1.82) is 0 Å². The molecule has 2 aromatic carbocycles. The monoisotopic (exact) mass is 210 g/mol. The maximum atomic E-state index is 5.91. The first-order chi connectivity index (χ1) is 7.92. The Labute approximate surface area is 95.7 Å². The molecule has 80 valence electrons. The summed E-state index contributed by atoms with van der Waals surface area (Å²) >= 11 is 0. The molecule has 1 aliphatic rings. The average molecular weight is 210 g/mol. The summed E-state index contributed by atoms with van der Waals surface area (Å²) < 4.78 is 5.91. The van der Waals surface area contributed by atoms with Gasteiger partial charge in [-0.1, -0.05) is 48.5 Å². The Balaban J connectivity index is 1.73. The third kappa shape index (κ3) is 1.81. The zero-order valence-corrected chi connectivity index (χ0v) is 9.10. The lowest BCUT2D eigenvalue weighted by Gasteiger charge is -2.10. The standard InChI is InChI=1S/C15H14O/c1-2-6-12(7-3-1)10-14-11-13-8-4-5-9-15(13)16-14/h1-9,14H,10-11H2. The number of hydrogen-bond acceptors (Lipinski definition) is 1. The molecule has 0 aromatic heterocycles. The van der Waals surface area contributed by atoms with Crippen LogP contribution in [0.4, 0.5) is 0 Å². The van der Waals surface area contributed by atoms with Crippen molar-refractivity contribution in [3.05, 3.63) is 65.7 Å². The Kier molecular flexibility index (Phi) is 2.37. The van der Waals surface area contributed by atoms with E-state index in [1.807, 2.05) is 12.1 Å². The van der Waals surface area contributed by atoms with E-state index in [1.165, 1.54) is 11.1 Å². The van der Waals surface area contributed by atoms with Crippen LogP contribution >= 0.6 is 0 Å². The van der Waals surface area contributed by atoms with E-state index in [0.717, 1.165) is 18.6 Å². The van der Waals surface area contributed by atoms with Gasteiger partial charge >= 0.3 is 0 Å². The maximum Gasteiger partial charge on any atom is 0.123 e. The van der Waals surface area contributed by atoms with Gasteiger partial charge in [0.1, 0.15) is 11.9 Å². The topological polar surface area (TPSA) is 9.23 Å². The Morgan fingerprint density at radius 2 is 1.69 bits per heavy atom. The Hall–Kier alpha value is -1.76. The zero-order valence-electron chi connectivity index (χ0n) is 9.10. The molecule has 0 aliphatic carbocycles. The molecule has 0 radical (unpaired) electrons. The molecule has 1 aliphatic heterocycles. The van der Waals surface area contributed by atoms with E-state index < -0.39 is 0 Å². The van der Waals surface area contributed by atoms with Gasteiger partial charge in [0.05, 0.1) is 0 Å². The SMILES string of the molecule is c1ccc(CC2Cc3ccccc3O2)cc1. The van der Waals surface area contributed by atoms with Crippen LogP contribution < -0.4 is 4.74 Å². The third-order valence-corrected chi connectivity index (χ3v) is 3.02. The first-order valence-electron chi connectivity index (χ1n) is 5.70. The summed E-state index contributed by atoms with van der Waals surface area (Å²) in [7, 11) is 0. The molecule has 0 saturated carbocycles. The van der Waals surface area contributed by atoms with Crippen LogP contribution in [-0.4, -0.2) is 6.10 Å². The van der Waals surface area contributed by atoms with Crippen molar-refractivity contribution in [3.63, 3.8) is 0 Å². The molecule has 0 bridgehead atoms. The van der Waals surface area contributed by atoms with Gasteiger partial charge in [0, 0.05) is 12.8 Å². The first-order valence-corrected chi connectivity index (χ1v) is 5.70. The second kappa shape index (κ2) is 4.01. The molecule has 1 heterocycles. The van der Waals surface area contributed by atoms with Crippen molar-refractivity contribution in [3.8, 4) is 5.75 Å². The fourth-order valence-electron chi connectivity index (χ4n) is 2.24. The molecule has 0 spiro atoms. The lowest BCUT2D eigenvalue weighted by atomic mass is 10.0. The van der Waals surface area contributed by atoms with Crippen molar-refractivity contribution >= 4 is 0 Å². The predicted octanol–water partition coefficient (Wildman–Crippen LogP) is 3.23. The molecule has 1 heteroatoms. The quantitative estimate of drug-likeness (QED) is 0.739. The van der Waals surface area contributed by atoms with Crippen LogP contribution in [0.5, 0.6) is 5.75 Å². The molecule has 0 N–H and O–H groups in total. The Morgan fingerprint density at radius 1 is 0.938 bits per heavy atom. The van der Waals surface area contributed by atoms with E-state index in [0.29, 0.717) is 6.10 Å². The molecule has 1 nitrogen and oxygen atoms in total. The van der Waals surface area contributed by atoms with Crippen LogP contribution in [0.15, 0.2) is 54.6 Å². The van der Waals surface area contributed by atoms with Crippen molar-refractivity contribution in [2.75, 3.05) is 0 Å². The smallest absolute Gasteiger partial charge is 0.123 e. The van der Waals surface area contributed by atoms with Gasteiger partial charge in [0.25, 0.3) is 0 Å². The second-order valence-electron chi connectivity index (χ2n) is 4.24. The van der Waals surface area contributed by atoms with Crippen molar-refractivity contribution in [1.82, 2.24) is 0 Å². The Morgan fingerprint density at radius 3 is 2.50 bits per heavy atom. The summed E-state index contributed by atoms with van der Waals surface area (Å²) in [6.07, 6.45) is 2.33. The van der Waals surface area contributed by atoms with Gasteiger partial charge in [0.2, 0.25) is 0 Å². The number of benzene rings is 2. The van der Waals surface area contributed by atoms with Gasteiger partial charge in [-0.25, -0.2) is 0 Å².